The molecule has 3 nitrogen and oxygen atoms in total. The largest absolute Gasteiger partial charge is 0.325 e. The van der Waals surface area contributed by atoms with Crippen LogP contribution < -0.4 is 5.73 Å². The molecule has 0 saturated heterocycles. The predicted octanol–water partition coefficient (Wildman–Crippen LogP) is 2.10. The van der Waals surface area contributed by atoms with Crippen molar-refractivity contribution in [2.75, 3.05) is 5.75 Å². The quantitative estimate of drug-likeness (QED) is 0.926. The molecule has 0 fully saturated rings. The lowest BCUT2D eigenvalue weighted by Crippen LogP contribution is -2.40. The summed E-state index contributed by atoms with van der Waals surface area (Å²) < 4.78 is 24.5. The standard InChI is InChI=1S/C11H16BrNO2S/c1-11(2,13)8-16(14,15)7-9-4-3-5-10(12)6-9/h3-6H,7-8,13H2,1-2H3. The van der Waals surface area contributed by atoms with Crippen LogP contribution in [0, 0.1) is 0 Å². The van der Waals surface area contributed by atoms with Crippen molar-refractivity contribution in [3.63, 3.8) is 0 Å². The third-order valence-electron chi connectivity index (χ3n) is 1.87. The SMILES string of the molecule is CC(C)(N)CS(=O)(=O)Cc1cccc(Br)c1. The molecule has 0 heterocycles. The first-order chi connectivity index (χ1) is 7.18. The van der Waals surface area contributed by atoms with Crippen LogP contribution in [-0.2, 0) is 15.6 Å². The zero-order valence-corrected chi connectivity index (χ0v) is 11.8. The highest BCUT2D eigenvalue weighted by molar-refractivity contribution is 9.10. The molecule has 0 spiro atoms. The lowest BCUT2D eigenvalue weighted by molar-refractivity contribution is 0.544. The Kier molecular flexibility index (Phi) is 4.15. The van der Waals surface area contributed by atoms with Crippen LogP contribution in [0.2, 0.25) is 0 Å². The van der Waals surface area contributed by atoms with Crippen LogP contribution >= 0.6 is 15.9 Å². The maximum Gasteiger partial charge on any atom is 0.156 e. The number of hydrogen-bond donors (Lipinski definition) is 1. The van der Waals surface area contributed by atoms with Gasteiger partial charge in [-0.25, -0.2) is 8.42 Å². The van der Waals surface area contributed by atoms with Gasteiger partial charge in [-0.2, -0.15) is 0 Å². The Bertz CT molecular complexity index is 463. The van der Waals surface area contributed by atoms with E-state index in [0.29, 0.717) is 0 Å². The third-order valence-corrected chi connectivity index (χ3v) is 4.32. The number of benzene rings is 1. The molecule has 0 atom stereocenters. The van der Waals surface area contributed by atoms with E-state index in [9.17, 15) is 8.42 Å². The molecule has 1 aromatic carbocycles. The molecule has 1 rings (SSSR count). The van der Waals surface area contributed by atoms with Crippen molar-refractivity contribution in [2.45, 2.75) is 25.1 Å². The van der Waals surface area contributed by atoms with Crippen LogP contribution in [0.4, 0.5) is 0 Å². The zero-order valence-electron chi connectivity index (χ0n) is 9.40. The highest BCUT2D eigenvalue weighted by Gasteiger charge is 2.22. The average molecular weight is 306 g/mol. The Morgan fingerprint density at radius 1 is 1.38 bits per heavy atom. The summed E-state index contributed by atoms with van der Waals surface area (Å²) in [4.78, 5) is 0. The Morgan fingerprint density at radius 3 is 2.50 bits per heavy atom. The van der Waals surface area contributed by atoms with Crippen molar-refractivity contribution in [1.82, 2.24) is 0 Å². The molecular weight excluding hydrogens is 290 g/mol. The average Bonchev–Trinajstić information content (AvgIpc) is 1.96. The van der Waals surface area contributed by atoms with Crippen molar-refractivity contribution in [3.05, 3.63) is 34.3 Å². The second-order valence-electron chi connectivity index (χ2n) is 4.65. The van der Waals surface area contributed by atoms with Gasteiger partial charge in [0.25, 0.3) is 0 Å². The maximum absolute atomic E-state index is 11.8. The van der Waals surface area contributed by atoms with Crippen molar-refractivity contribution >= 4 is 25.8 Å². The molecule has 0 aliphatic rings. The number of hydrogen-bond acceptors (Lipinski definition) is 3. The summed E-state index contributed by atoms with van der Waals surface area (Å²) in [6.07, 6.45) is 0. The number of nitrogens with two attached hydrogens (primary N) is 1. The molecule has 0 aromatic heterocycles. The summed E-state index contributed by atoms with van der Waals surface area (Å²) in [5.41, 5.74) is 5.80. The Hall–Kier alpha value is -0.390. The van der Waals surface area contributed by atoms with Gasteiger partial charge in [-0.3, -0.25) is 0 Å². The molecular formula is C11H16BrNO2S. The molecule has 0 aliphatic carbocycles. The normalized spacial score (nSPS) is 12.8. The molecule has 5 heteroatoms. The lowest BCUT2D eigenvalue weighted by Gasteiger charge is -2.18. The third kappa shape index (κ3) is 5.09. The molecule has 2 N–H and O–H groups in total. The number of rotatable bonds is 4. The van der Waals surface area contributed by atoms with Crippen molar-refractivity contribution in [2.24, 2.45) is 5.73 Å². The molecule has 0 saturated carbocycles. The van der Waals surface area contributed by atoms with Crippen LogP contribution in [0.5, 0.6) is 0 Å². The molecule has 90 valence electrons. The van der Waals surface area contributed by atoms with Crippen LogP contribution in [0.3, 0.4) is 0 Å². The maximum atomic E-state index is 11.8. The fourth-order valence-corrected chi connectivity index (χ4v) is 3.87. The molecule has 1 aromatic rings. The van der Waals surface area contributed by atoms with Crippen LogP contribution in [0.25, 0.3) is 0 Å². The van der Waals surface area contributed by atoms with Crippen molar-refractivity contribution in [1.29, 1.82) is 0 Å². The van der Waals surface area contributed by atoms with E-state index < -0.39 is 15.4 Å². The summed E-state index contributed by atoms with van der Waals surface area (Å²) in [7, 11) is -3.15. The van der Waals surface area contributed by atoms with Gasteiger partial charge in [0.2, 0.25) is 0 Å². The monoisotopic (exact) mass is 305 g/mol. The molecule has 0 amide bonds. The minimum absolute atomic E-state index is 0.00743. The van der Waals surface area contributed by atoms with Crippen molar-refractivity contribution in [3.8, 4) is 0 Å². The zero-order chi connectivity index (χ0) is 12.4. The van der Waals surface area contributed by atoms with Crippen LogP contribution in [0.15, 0.2) is 28.7 Å². The van der Waals surface area contributed by atoms with E-state index in [1.807, 2.05) is 12.1 Å². The summed E-state index contributed by atoms with van der Waals surface area (Å²) in [6.45, 7) is 3.43. The summed E-state index contributed by atoms with van der Waals surface area (Å²) in [5.74, 6) is 0.0274. The van der Waals surface area contributed by atoms with Gasteiger partial charge in [0.1, 0.15) is 0 Å². The first-order valence-corrected chi connectivity index (χ1v) is 7.53. The summed E-state index contributed by atoms with van der Waals surface area (Å²) in [6, 6.07) is 7.29. The highest BCUT2D eigenvalue weighted by Crippen LogP contribution is 2.15. The van der Waals surface area contributed by atoms with Gasteiger partial charge in [-0.1, -0.05) is 28.1 Å². The van der Waals surface area contributed by atoms with Crippen molar-refractivity contribution < 1.29 is 8.42 Å². The molecule has 0 unspecified atom stereocenters. The van der Waals surface area contributed by atoms with Gasteiger partial charge >= 0.3 is 0 Å². The first-order valence-electron chi connectivity index (χ1n) is 4.92. The highest BCUT2D eigenvalue weighted by atomic mass is 79.9. The second kappa shape index (κ2) is 4.85. The number of halogens is 1. The topological polar surface area (TPSA) is 60.2 Å². The van der Waals surface area contributed by atoms with Crippen LogP contribution in [0.1, 0.15) is 19.4 Å². The summed E-state index contributed by atoms with van der Waals surface area (Å²) in [5, 5.41) is 0. The van der Waals surface area contributed by atoms with E-state index in [1.54, 1.807) is 26.0 Å². The van der Waals surface area contributed by atoms with E-state index in [-0.39, 0.29) is 11.5 Å². The number of sulfone groups is 1. The van der Waals surface area contributed by atoms with E-state index in [0.717, 1.165) is 10.0 Å². The minimum atomic E-state index is -3.15. The van der Waals surface area contributed by atoms with E-state index in [4.69, 9.17) is 5.73 Å². The Morgan fingerprint density at radius 2 is 2.00 bits per heavy atom. The predicted molar refractivity (Wildman–Crippen MR) is 69.9 cm³/mol. The van der Waals surface area contributed by atoms with Gasteiger partial charge in [0, 0.05) is 10.0 Å². The van der Waals surface area contributed by atoms with Gasteiger partial charge in [0.05, 0.1) is 11.5 Å². The lowest BCUT2D eigenvalue weighted by atomic mass is 10.1. The van der Waals surface area contributed by atoms with Crippen LogP contribution in [-0.4, -0.2) is 19.7 Å². The fraction of sp³-hybridized carbons (Fsp3) is 0.455. The first kappa shape index (κ1) is 13.7. The van der Waals surface area contributed by atoms with Gasteiger partial charge in [-0.05, 0) is 31.5 Å². The fourth-order valence-electron chi connectivity index (χ4n) is 1.50. The molecule has 0 bridgehead atoms. The molecule has 0 radical (unpaired) electrons. The Balaban J connectivity index is 2.81. The van der Waals surface area contributed by atoms with E-state index in [2.05, 4.69) is 15.9 Å². The van der Waals surface area contributed by atoms with E-state index in [1.165, 1.54) is 0 Å². The molecule has 0 aliphatic heterocycles. The van der Waals surface area contributed by atoms with Gasteiger partial charge in [0.15, 0.2) is 9.84 Å². The Labute approximate surface area is 105 Å². The second-order valence-corrected chi connectivity index (χ2v) is 7.63. The molecule has 16 heavy (non-hydrogen) atoms. The summed E-state index contributed by atoms with van der Waals surface area (Å²) >= 11 is 3.31. The van der Waals surface area contributed by atoms with Gasteiger partial charge in [-0.15, -0.1) is 0 Å². The van der Waals surface area contributed by atoms with E-state index >= 15 is 0 Å². The smallest absolute Gasteiger partial charge is 0.156 e. The van der Waals surface area contributed by atoms with Gasteiger partial charge < -0.3 is 5.73 Å². The minimum Gasteiger partial charge on any atom is -0.325 e.